The predicted molar refractivity (Wildman–Crippen MR) is 108 cm³/mol. The Bertz CT molecular complexity index is 786. The van der Waals surface area contributed by atoms with Gasteiger partial charge in [-0.25, -0.2) is 4.79 Å². The molecule has 0 aliphatic carbocycles. The summed E-state index contributed by atoms with van der Waals surface area (Å²) in [6, 6.07) is 8.24. The van der Waals surface area contributed by atoms with E-state index in [9.17, 15) is 18.0 Å². The van der Waals surface area contributed by atoms with Crippen molar-refractivity contribution in [3.8, 4) is 0 Å². The summed E-state index contributed by atoms with van der Waals surface area (Å²) in [5.74, 6) is -1.86. The molecule has 3 fully saturated rings. The number of hydrogen-bond donors (Lipinski definition) is 1. The second-order valence-corrected chi connectivity index (χ2v) is 8.51. The van der Waals surface area contributed by atoms with E-state index < -0.39 is 12.1 Å². The molecule has 1 amide bonds. The van der Waals surface area contributed by atoms with Gasteiger partial charge < -0.3 is 14.7 Å². The first-order valence-electron chi connectivity index (χ1n) is 10.3. The minimum Gasteiger partial charge on any atom is -0.475 e. The lowest BCUT2D eigenvalue weighted by Gasteiger charge is -2.30. The molecule has 3 aliphatic rings. The Labute approximate surface area is 183 Å². The first-order chi connectivity index (χ1) is 14.7. The van der Waals surface area contributed by atoms with Crippen LogP contribution in [0.4, 0.5) is 13.2 Å². The van der Waals surface area contributed by atoms with E-state index in [1.54, 1.807) is 6.07 Å². The number of benzene rings is 1. The maximum absolute atomic E-state index is 12.9. The lowest BCUT2D eigenvalue weighted by molar-refractivity contribution is -0.192. The standard InChI is InChI=1S/C19H25ClN2O2.C2HF3O2/c20-16-3-1-2-15(12-16)19(23)22-9-5-17-18(22)4-8-21(17)13-14-6-10-24-11-7-14;3-2(4,5)1(6)7/h1-3,12,14,17-18H,4-11,13H2;(H,6,7)/t17-,18+;/m0./s1. The fourth-order valence-electron chi connectivity index (χ4n) is 4.60. The third-order valence-electron chi connectivity index (χ3n) is 6.10. The first-order valence-corrected chi connectivity index (χ1v) is 10.7. The van der Waals surface area contributed by atoms with E-state index in [1.807, 2.05) is 18.2 Å². The molecule has 3 saturated heterocycles. The summed E-state index contributed by atoms with van der Waals surface area (Å²) >= 11 is 6.05. The Hall–Kier alpha value is -1.84. The van der Waals surface area contributed by atoms with E-state index in [1.165, 1.54) is 19.4 Å². The summed E-state index contributed by atoms with van der Waals surface area (Å²) in [7, 11) is 0. The third kappa shape index (κ3) is 6.11. The highest BCUT2D eigenvalue weighted by Gasteiger charge is 2.44. The SMILES string of the molecule is O=C(O)C(F)(F)F.O=C(c1cccc(Cl)c1)N1CC[C@H]2[C@H]1CCN2CC1CCOCC1. The van der Waals surface area contributed by atoms with Gasteiger partial charge in [-0.3, -0.25) is 9.69 Å². The van der Waals surface area contributed by atoms with Gasteiger partial charge in [0.25, 0.3) is 5.91 Å². The average molecular weight is 463 g/mol. The van der Waals surface area contributed by atoms with Crippen LogP contribution in [0.3, 0.4) is 0 Å². The molecule has 0 saturated carbocycles. The molecule has 4 rings (SSSR count). The number of halogens is 4. The molecule has 1 aromatic rings. The van der Waals surface area contributed by atoms with E-state index in [0.717, 1.165) is 45.1 Å². The zero-order valence-corrected chi connectivity index (χ0v) is 17.7. The van der Waals surface area contributed by atoms with Gasteiger partial charge in [-0.15, -0.1) is 0 Å². The highest BCUT2D eigenvalue weighted by Crippen LogP contribution is 2.34. The Morgan fingerprint density at radius 1 is 1.10 bits per heavy atom. The van der Waals surface area contributed by atoms with Gasteiger partial charge in [-0.1, -0.05) is 17.7 Å². The summed E-state index contributed by atoms with van der Waals surface area (Å²) in [5, 5.41) is 7.75. The lowest BCUT2D eigenvalue weighted by atomic mass is 9.99. The fraction of sp³-hybridized carbons (Fsp3) is 0.619. The summed E-state index contributed by atoms with van der Waals surface area (Å²) in [4.78, 5) is 26.5. The molecule has 2 atom stereocenters. The minimum atomic E-state index is -5.08. The van der Waals surface area contributed by atoms with Crippen molar-refractivity contribution in [3.05, 3.63) is 34.9 Å². The molecular weight excluding hydrogens is 437 g/mol. The molecule has 0 bridgehead atoms. The molecule has 3 aliphatic heterocycles. The number of carbonyl (C=O) groups excluding carboxylic acids is 1. The molecule has 1 N–H and O–H groups in total. The first kappa shape index (κ1) is 23.8. The average Bonchev–Trinajstić information content (AvgIpc) is 3.31. The number of hydrogen-bond acceptors (Lipinski definition) is 4. The Balaban J connectivity index is 0.000000339. The number of carbonyl (C=O) groups is 2. The van der Waals surface area contributed by atoms with Gasteiger partial charge >= 0.3 is 12.1 Å². The molecule has 0 spiro atoms. The van der Waals surface area contributed by atoms with E-state index in [0.29, 0.717) is 22.7 Å². The number of aliphatic carboxylic acids is 1. The van der Waals surface area contributed by atoms with E-state index in [2.05, 4.69) is 9.80 Å². The Morgan fingerprint density at radius 3 is 2.35 bits per heavy atom. The molecular formula is C21H26ClF3N2O4. The summed E-state index contributed by atoms with van der Waals surface area (Å²) in [5.41, 5.74) is 0.714. The summed E-state index contributed by atoms with van der Waals surface area (Å²) < 4.78 is 37.2. The zero-order chi connectivity index (χ0) is 22.6. The molecule has 3 heterocycles. The Morgan fingerprint density at radius 2 is 1.74 bits per heavy atom. The van der Waals surface area contributed by atoms with Gasteiger partial charge in [-0.05, 0) is 49.8 Å². The van der Waals surface area contributed by atoms with Crippen LogP contribution in [0.2, 0.25) is 5.02 Å². The van der Waals surface area contributed by atoms with Crippen molar-refractivity contribution in [2.45, 2.75) is 43.9 Å². The number of ether oxygens (including phenoxy) is 1. The highest BCUT2D eigenvalue weighted by molar-refractivity contribution is 6.30. The number of carboxylic acids is 1. The van der Waals surface area contributed by atoms with Crippen molar-refractivity contribution in [2.24, 2.45) is 5.92 Å². The Kier molecular flexibility index (Phi) is 7.82. The van der Waals surface area contributed by atoms with Crippen LogP contribution in [0.25, 0.3) is 0 Å². The van der Waals surface area contributed by atoms with Crippen LogP contribution in [-0.4, -0.2) is 77.9 Å². The smallest absolute Gasteiger partial charge is 0.475 e. The summed E-state index contributed by atoms with van der Waals surface area (Å²) in [6.07, 6.45) is -0.529. The number of rotatable bonds is 3. The van der Waals surface area contributed by atoms with Crippen LogP contribution >= 0.6 is 11.6 Å². The van der Waals surface area contributed by atoms with E-state index in [-0.39, 0.29) is 5.91 Å². The number of alkyl halides is 3. The van der Waals surface area contributed by atoms with Crippen molar-refractivity contribution in [1.82, 2.24) is 9.80 Å². The molecule has 0 radical (unpaired) electrons. The second-order valence-electron chi connectivity index (χ2n) is 8.07. The van der Waals surface area contributed by atoms with Crippen LogP contribution in [0.5, 0.6) is 0 Å². The van der Waals surface area contributed by atoms with Gasteiger partial charge in [0.1, 0.15) is 0 Å². The molecule has 6 nitrogen and oxygen atoms in total. The van der Waals surface area contributed by atoms with E-state index in [4.69, 9.17) is 26.2 Å². The quantitative estimate of drug-likeness (QED) is 0.742. The largest absolute Gasteiger partial charge is 0.490 e. The van der Waals surface area contributed by atoms with Crippen molar-refractivity contribution >= 4 is 23.5 Å². The predicted octanol–water partition coefficient (Wildman–Crippen LogP) is 3.69. The van der Waals surface area contributed by atoms with Gasteiger partial charge in [0.05, 0.1) is 0 Å². The maximum atomic E-state index is 12.9. The highest BCUT2D eigenvalue weighted by atomic mass is 35.5. The minimum absolute atomic E-state index is 0.137. The van der Waals surface area contributed by atoms with Crippen LogP contribution in [0, 0.1) is 5.92 Å². The van der Waals surface area contributed by atoms with Crippen LogP contribution in [0.1, 0.15) is 36.0 Å². The molecule has 0 aromatic heterocycles. The molecule has 1 aromatic carbocycles. The molecule has 172 valence electrons. The number of carboxylic acid groups (broad SMARTS) is 1. The van der Waals surface area contributed by atoms with Crippen LogP contribution in [-0.2, 0) is 9.53 Å². The summed E-state index contributed by atoms with van der Waals surface area (Å²) in [6.45, 7) is 4.97. The van der Waals surface area contributed by atoms with Crippen molar-refractivity contribution in [3.63, 3.8) is 0 Å². The van der Waals surface area contributed by atoms with Crippen LogP contribution < -0.4 is 0 Å². The van der Waals surface area contributed by atoms with Crippen LogP contribution in [0.15, 0.2) is 24.3 Å². The normalized spacial score (nSPS) is 24.5. The van der Waals surface area contributed by atoms with Crippen molar-refractivity contribution in [1.29, 1.82) is 0 Å². The second kappa shape index (κ2) is 10.2. The number of nitrogens with zero attached hydrogens (tertiary/aromatic N) is 2. The fourth-order valence-corrected chi connectivity index (χ4v) is 4.79. The maximum Gasteiger partial charge on any atom is 0.490 e. The van der Waals surface area contributed by atoms with Crippen molar-refractivity contribution < 1.29 is 32.6 Å². The lowest BCUT2D eigenvalue weighted by Crippen LogP contribution is -2.41. The van der Waals surface area contributed by atoms with Gasteiger partial charge in [0.2, 0.25) is 0 Å². The molecule has 31 heavy (non-hydrogen) atoms. The molecule has 10 heteroatoms. The van der Waals surface area contributed by atoms with Crippen molar-refractivity contribution in [2.75, 3.05) is 32.8 Å². The monoisotopic (exact) mass is 462 g/mol. The zero-order valence-electron chi connectivity index (χ0n) is 17.0. The molecule has 0 unspecified atom stereocenters. The van der Waals surface area contributed by atoms with Gasteiger partial charge in [0.15, 0.2) is 0 Å². The topological polar surface area (TPSA) is 70.1 Å². The number of fused-ring (bicyclic) bond motifs is 1. The number of likely N-dealkylation sites (tertiary alicyclic amines) is 2. The van der Waals surface area contributed by atoms with Gasteiger partial charge in [0, 0.05) is 55.5 Å². The third-order valence-corrected chi connectivity index (χ3v) is 6.33. The number of amides is 1. The van der Waals surface area contributed by atoms with E-state index >= 15 is 0 Å². The van der Waals surface area contributed by atoms with Gasteiger partial charge in [-0.2, -0.15) is 13.2 Å².